The molecule has 8 heteroatoms. The zero-order chi connectivity index (χ0) is 18.5. The Hall–Kier alpha value is -3.16. The van der Waals surface area contributed by atoms with E-state index in [0.29, 0.717) is 29.3 Å². The van der Waals surface area contributed by atoms with E-state index in [9.17, 15) is 9.18 Å². The largest absolute Gasteiger partial charge is 0.489 e. The first-order chi connectivity index (χ1) is 12.6. The van der Waals surface area contributed by atoms with E-state index in [1.807, 2.05) is 13.8 Å². The Morgan fingerprint density at radius 2 is 2.08 bits per heavy atom. The van der Waals surface area contributed by atoms with Gasteiger partial charge in [-0.15, -0.1) is 0 Å². The van der Waals surface area contributed by atoms with Crippen LogP contribution in [0.15, 0.2) is 42.7 Å². The average Bonchev–Trinajstić information content (AvgIpc) is 3.05. The lowest BCUT2D eigenvalue weighted by atomic mass is 10.3. The Kier molecular flexibility index (Phi) is 5.31. The minimum atomic E-state index is -0.323. The second kappa shape index (κ2) is 7.81. The molecule has 0 aliphatic rings. The molecule has 0 spiro atoms. The van der Waals surface area contributed by atoms with Crippen LogP contribution in [0.4, 0.5) is 10.2 Å². The predicted molar refractivity (Wildman–Crippen MR) is 96.0 cm³/mol. The molecule has 3 rings (SSSR count). The maximum absolute atomic E-state index is 12.9. The van der Waals surface area contributed by atoms with Crippen molar-refractivity contribution >= 4 is 17.4 Å². The molecule has 2 N–H and O–H groups in total. The van der Waals surface area contributed by atoms with Gasteiger partial charge in [0.2, 0.25) is 0 Å². The number of rotatable bonds is 7. The molecule has 1 unspecified atom stereocenters. The maximum Gasteiger partial charge on any atom is 0.256 e. The van der Waals surface area contributed by atoms with Crippen LogP contribution in [0.3, 0.4) is 0 Å². The first kappa shape index (κ1) is 17.7. The highest BCUT2D eigenvalue weighted by Crippen LogP contribution is 2.14. The normalized spacial score (nSPS) is 12.0. The van der Waals surface area contributed by atoms with Gasteiger partial charge in [0.1, 0.15) is 29.1 Å². The van der Waals surface area contributed by atoms with Gasteiger partial charge < -0.3 is 15.4 Å². The van der Waals surface area contributed by atoms with Crippen molar-refractivity contribution in [2.24, 2.45) is 0 Å². The van der Waals surface area contributed by atoms with Gasteiger partial charge in [-0.25, -0.2) is 13.9 Å². The molecular weight excluding hydrogens is 337 g/mol. The molecular formula is C18H20FN5O2. The van der Waals surface area contributed by atoms with E-state index in [2.05, 4.69) is 20.7 Å². The fraction of sp³-hybridized carbons (Fsp3) is 0.278. The van der Waals surface area contributed by atoms with Crippen molar-refractivity contribution in [2.75, 3.05) is 18.4 Å². The molecule has 0 aliphatic carbocycles. The van der Waals surface area contributed by atoms with Crippen molar-refractivity contribution < 1.29 is 13.9 Å². The number of hydrogen-bond acceptors (Lipinski definition) is 5. The van der Waals surface area contributed by atoms with Crippen molar-refractivity contribution in [1.82, 2.24) is 19.9 Å². The van der Waals surface area contributed by atoms with E-state index in [1.54, 1.807) is 28.9 Å². The summed E-state index contributed by atoms with van der Waals surface area (Å²) in [6, 6.07) is 7.54. The molecule has 2 aromatic heterocycles. The summed E-state index contributed by atoms with van der Waals surface area (Å²) in [4.78, 5) is 16.9. The quantitative estimate of drug-likeness (QED) is 0.679. The molecule has 0 radical (unpaired) electrons. The zero-order valence-corrected chi connectivity index (χ0v) is 14.6. The van der Waals surface area contributed by atoms with Gasteiger partial charge in [0, 0.05) is 12.7 Å². The zero-order valence-electron chi connectivity index (χ0n) is 14.6. The lowest BCUT2D eigenvalue weighted by Gasteiger charge is -2.15. The number of anilines is 1. The molecule has 1 aromatic carbocycles. The average molecular weight is 357 g/mol. The summed E-state index contributed by atoms with van der Waals surface area (Å²) in [7, 11) is 0. The Bertz CT molecular complexity index is 894. The van der Waals surface area contributed by atoms with Gasteiger partial charge >= 0.3 is 0 Å². The highest BCUT2D eigenvalue weighted by atomic mass is 19.1. The number of nitrogens with one attached hydrogen (secondary N) is 2. The summed E-state index contributed by atoms with van der Waals surface area (Å²) in [6.45, 7) is 4.82. The first-order valence-corrected chi connectivity index (χ1v) is 8.35. The maximum atomic E-state index is 12.9. The van der Waals surface area contributed by atoms with Crippen molar-refractivity contribution in [2.45, 2.75) is 20.0 Å². The third kappa shape index (κ3) is 4.08. The fourth-order valence-electron chi connectivity index (χ4n) is 2.43. The number of carbonyl (C=O) groups excluding carboxylic acids is 1. The van der Waals surface area contributed by atoms with E-state index < -0.39 is 0 Å². The summed E-state index contributed by atoms with van der Waals surface area (Å²) in [5.74, 6) is 0.621. The predicted octanol–water partition coefficient (Wildman–Crippen LogP) is 2.50. The standard InChI is InChI=1S/C18H20FN5O2/c1-3-20-16-8-9-24-17(23-16)15(11-22-24)18(25)21-10-12(2)26-14-6-4-13(19)5-7-14/h4-9,11-12H,3,10H2,1-2H3,(H,20,23)(H,21,25). The van der Waals surface area contributed by atoms with Crippen LogP contribution in [-0.4, -0.2) is 39.7 Å². The van der Waals surface area contributed by atoms with Crippen molar-refractivity contribution in [3.63, 3.8) is 0 Å². The molecule has 3 aromatic rings. The number of hydrogen-bond donors (Lipinski definition) is 2. The molecule has 0 saturated heterocycles. The van der Waals surface area contributed by atoms with Crippen LogP contribution >= 0.6 is 0 Å². The van der Waals surface area contributed by atoms with Gasteiger partial charge in [0.05, 0.1) is 12.7 Å². The van der Waals surface area contributed by atoms with Crippen molar-refractivity contribution in [3.8, 4) is 5.75 Å². The van der Waals surface area contributed by atoms with Crippen LogP contribution < -0.4 is 15.4 Å². The highest BCUT2D eigenvalue weighted by Gasteiger charge is 2.15. The monoisotopic (exact) mass is 357 g/mol. The van der Waals surface area contributed by atoms with Gasteiger partial charge in [-0.05, 0) is 44.2 Å². The van der Waals surface area contributed by atoms with Crippen molar-refractivity contribution in [1.29, 1.82) is 0 Å². The molecule has 1 amide bonds. The second-order valence-electron chi connectivity index (χ2n) is 5.76. The number of carbonyl (C=O) groups is 1. The third-order valence-electron chi connectivity index (χ3n) is 3.67. The molecule has 0 bridgehead atoms. The van der Waals surface area contributed by atoms with Crippen LogP contribution in [0.1, 0.15) is 24.2 Å². The molecule has 0 fully saturated rings. The van der Waals surface area contributed by atoms with Gasteiger partial charge in [-0.2, -0.15) is 5.10 Å². The minimum absolute atomic E-state index is 0.281. The van der Waals surface area contributed by atoms with Crippen LogP contribution in [0, 0.1) is 5.82 Å². The number of amides is 1. The van der Waals surface area contributed by atoms with E-state index >= 15 is 0 Å². The molecule has 26 heavy (non-hydrogen) atoms. The Labute approximate surface area is 150 Å². The highest BCUT2D eigenvalue weighted by molar-refractivity contribution is 5.99. The van der Waals surface area contributed by atoms with E-state index in [1.165, 1.54) is 18.3 Å². The Morgan fingerprint density at radius 1 is 1.31 bits per heavy atom. The Balaban J connectivity index is 1.63. The van der Waals surface area contributed by atoms with Crippen molar-refractivity contribution in [3.05, 3.63) is 54.1 Å². The SMILES string of the molecule is CCNc1ccn2ncc(C(=O)NCC(C)Oc3ccc(F)cc3)c2n1. The second-order valence-corrected chi connectivity index (χ2v) is 5.76. The summed E-state index contributed by atoms with van der Waals surface area (Å²) in [5, 5.41) is 10.1. The molecule has 7 nitrogen and oxygen atoms in total. The Morgan fingerprint density at radius 3 is 2.81 bits per heavy atom. The van der Waals surface area contributed by atoms with Crippen LogP contribution in [-0.2, 0) is 0 Å². The van der Waals surface area contributed by atoms with Gasteiger partial charge in [-0.3, -0.25) is 4.79 Å². The number of aromatic nitrogens is 3. The third-order valence-corrected chi connectivity index (χ3v) is 3.67. The lowest BCUT2D eigenvalue weighted by Crippen LogP contribution is -2.33. The molecule has 0 aliphatic heterocycles. The number of halogens is 1. The smallest absolute Gasteiger partial charge is 0.256 e. The summed E-state index contributed by atoms with van der Waals surface area (Å²) in [5.41, 5.74) is 0.867. The number of benzene rings is 1. The van der Waals surface area contributed by atoms with E-state index in [-0.39, 0.29) is 17.8 Å². The fourth-order valence-corrected chi connectivity index (χ4v) is 2.43. The molecule has 1 atom stereocenters. The lowest BCUT2D eigenvalue weighted by molar-refractivity contribution is 0.0933. The molecule has 136 valence electrons. The van der Waals surface area contributed by atoms with Crippen LogP contribution in [0.2, 0.25) is 0 Å². The summed E-state index contributed by atoms with van der Waals surface area (Å²) < 4.78 is 20.1. The summed E-state index contributed by atoms with van der Waals surface area (Å²) >= 11 is 0. The van der Waals surface area contributed by atoms with Crippen LogP contribution in [0.5, 0.6) is 5.75 Å². The minimum Gasteiger partial charge on any atom is -0.489 e. The van der Waals surface area contributed by atoms with Gasteiger partial charge in [-0.1, -0.05) is 0 Å². The number of nitrogens with zero attached hydrogens (tertiary/aromatic N) is 3. The molecule has 0 saturated carbocycles. The summed E-state index contributed by atoms with van der Waals surface area (Å²) in [6.07, 6.45) is 2.95. The number of fused-ring (bicyclic) bond motifs is 1. The first-order valence-electron chi connectivity index (χ1n) is 8.35. The number of ether oxygens (including phenoxy) is 1. The van der Waals surface area contributed by atoms with Gasteiger partial charge in [0.25, 0.3) is 5.91 Å². The van der Waals surface area contributed by atoms with Gasteiger partial charge in [0.15, 0.2) is 5.65 Å². The topological polar surface area (TPSA) is 80.5 Å². The van der Waals surface area contributed by atoms with Crippen LogP contribution in [0.25, 0.3) is 5.65 Å². The van der Waals surface area contributed by atoms with E-state index in [4.69, 9.17) is 4.74 Å². The van der Waals surface area contributed by atoms with E-state index in [0.717, 1.165) is 6.54 Å². The molecule has 2 heterocycles.